The summed E-state index contributed by atoms with van der Waals surface area (Å²) in [7, 11) is 0. The second kappa shape index (κ2) is 9.56. The van der Waals surface area contributed by atoms with Crippen molar-refractivity contribution in [3.63, 3.8) is 0 Å². The van der Waals surface area contributed by atoms with Crippen LogP contribution in [0.25, 0.3) is 10.9 Å². The average Bonchev–Trinajstić information content (AvgIpc) is 3.07. The van der Waals surface area contributed by atoms with Gasteiger partial charge in [-0.3, -0.25) is 14.7 Å². The van der Waals surface area contributed by atoms with Gasteiger partial charge in [0, 0.05) is 18.5 Å². The minimum atomic E-state index is -0.713. The fourth-order valence-corrected chi connectivity index (χ4v) is 2.53. The second-order valence-corrected chi connectivity index (χ2v) is 6.25. The third-order valence-electron chi connectivity index (χ3n) is 3.89. The molecule has 0 fully saturated rings. The fraction of sp³-hybridized carbons (Fsp3) is 0.444. The van der Waals surface area contributed by atoms with Crippen molar-refractivity contribution in [1.29, 1.82) is 0 Å². The molecule has 27 heavy (non-hydrogen) atoms. The Hall–Kier alpha value is -3.10. The molecule has 1 atom stereocenters. The molecule has 1 aromatic carbocycles. The number of amides is 3. The maximum absolute atomic E-state index is 12.3. The van der Waals surface area contributed by atoms with E-state index in [2.05, 4.69) is 26.1 Å². The minimum absolute atomic E-state index is 0.112. The van der Waals surface area contributed by atoms with Gasteiger partial charge in [-0.25, -0.2) is 4.79 Å². The molecule has 3 amide bonds. The predicted octanol–water partition coefficient (Wildman–Crippen LogP) is 1.18. The van der Waals surface area contributed by atoms with Crippen LogP contribution >= 0.6 is 0 Å². The highest BCUT2D eigenvalue weighted by Gasteiger charge is 2.24. The van der Waals surface area contributed by atoms with E-state index in [1.54, 1.807) is 6.92 Å². The molecule has 0 radical (unpaired) electrons. The number of nitrogens with zero attached hydrogens (tertiary/aromatic N) is 1. The molecule has 0 spiro atoms. The average molecular weight is 375 g/mol. The summed E-state index contributed by atoms with van der Waals surface area (Å²) in [6, 6.07) is 6.62. The van der Waals surface area contributed by atoms with Crippen LogP contribution in [0.3, 0.4) is 0 Å². The Morgan fingerprint density at radius 1 is 1.15 bits per heavy atom. The van der Waals surface area contributed by atoms with E-state index in [0.717, 1.165) is 10.9 Å². The Morgan fingerprint density at radius 3 is 2.56 bits per heavy atom. The number of carbonyl (C=O) groups excluding carboxylic acids is 3. The van der Waals surface area contributed by atoms with E-state index in [-0.39, 0.29) is 37.4 Å². The summed E-state index contributed by atoms with van der Waals surface area (Å²) in [6.07, 6.45) is -0.634. The summed E-state index contributed by atoms with van der Waals surface area (Å²) >= 11 is 0. The highest BCUT2D eigenvalue weighted by atomic mass is 16.5. The quantitative estimate of drug-likeness (QED) is 0.516. The van der Waals surface area contributed by atoms with Crippen LogP contribution in [-0.4, -0.2) is 53.8 Å². The van der Waals surface area contributed by atoms with Crippen molar-refractivity contribution < 1.29 is 19.1 Å². The van der Waals surface area contributed by atoms with Crippen molar-refractivity contribution in [1.82, 2.24) is 26.1 Å². The summed E-state index contributed by atoms with van der Waals surface area (Å²) in [4.78, 5) is 36.0. The third kappa shape index (κ3) is 5.44. The molecule has 0 saturated carbocycles. The molecular weight excluding hydrogens is 350 g/mol. The first-order chi connectivity index (χ1) is 12.9. The number of benzene rings is 1. The molecule has 0 saturated heterocycles. The zero-order chi connectivity index (χ0) is 19.8. The Morgan fingerprint density at radius 2 is 1.85 bits per heavy atom. The van der Waals surface area contributed by atoms with Gasteiger partial charge in [0.15, 0.2) is 5.69 Å². The molecule has 9 nitrogen and oxygen atoms in total. The monoisotopic (exact) mass is 375 g/mol. The smallest absolute Gasteiger partial charge is 0.407 e. The normalized spacial score (nSPS) is 11.9. The lowest BCUT2D eigenvalue weighted by Crippen LogP contribution is -2.51. The van der Waals surface area contributed by atoms with Gasteiger partial charge < -0.3 is 20.7 Å². The van der Waals surface area contributed by atoms with E-state index < -0.39 is 12.1 Å². The van der Waals surface area contributed by atoms with Crippen molar-refractivity contribution in [3.8, 4) is 0 Å². The Balaban J connectivity index is 1.81. The number of H-pyrrole nitrogens is 1. The second-order valence-electron chi connectivity index (χ2n) is 6.25. The van der Waals surface area contributed by atoms with Crippen molar-refractivity contribution in [3.05, 3.63) is 30.0 Å². The number of rotatable bonds is 8. The molecule has 146 valence electrons. The Labute approximate surface area is 157 Å². The number of alkyl carbamates (subject to hydrolysis) is 1. The largest absolute Gasteiger partial charge is 0.450 e. The molecule has 0 bridgehead atoms. The van der Waals surface area contributed by atoms with Gasteiger partial charge in [-0.05, 0) is 18.9 Å². The molecule has 1 heterocycles. The number of fused-ring (bicyclic) bond motifs is 1. The highest BCUT2D eigenvalue weighted by Crippen LogP contribution is 2.14. The summed E-state index contributed by atoms with van der Waals surface area (Å²) in [5.74, 6) is -0.774. The van der Waals surface area contributed by atoms with Gasteiger partial charge in [-0.2, -0.15) is 5.10 Å². The van der Waals surface area contributed by atoms with E-state index >= 15 is 0 Å². The van der Waals surface area contributed by atoms with Crippen LogP contribution < -0.4 is 16.0 Å². The molecule has 9 heteroatoms. The zero-order valence-electron chi connectivity index (χ0n) is 15.7. The van der Waals surface area contributed by atoms with E-state index in [9.17, 15) is 14.4 Å². The number of carbonyl (C=O) groups is 3. The standard InChI is InChI=1S/C18H25N5O4/c1-4-27-18(26)21-14(11(2)3)16(24)19-9-10-20-17(25)15-12-7-5-6-8-13(12)22-23-15/h5-8,11,14H,4,9-10H2,1-3H3,(H,19,24)(H,20,25)(H,21,26)(H,22,23). The molecule has 4 N–H and O–H groups in total. The predicted molar refractivity (Wildman–Crippen MR) is 100 cm³/mol. The summed E-state index contributed by atoms with van der Waals surface area (Å²) < 4.78 is 4.81. The topological polar surface area (TPSA) is 125 Å². The number of hydrogen-bond acceptors (Lipinski definition) is 5. The number of ether oxygens (including phenoxy) is 1. The van der Waals surface area contributed by atoms with Crippen LogP contribution in [0, 0.1) is 5.92 Å². The maximum Gasteiger partial charge on any atom is 0.407 e. The Kier molecular flexibility index (Phi) is 7.16. The lowest BCUT2D eigenvalue weighted by molar-refractivity contribution is -0.124. The van der Waals surface area contributed by atoms with Crippen LogP contribution in [0.4, 0.5) is 4.79 Å². The zero-order valence-corrected chi connectivity index (χ0v) is 15.7. The van der Waals surface area contributed by atoms with Crippen molar-refractivity contribution in [2.45, 2.75) is 26.8 Å². The number of para-hydroxylation sites is 1. The molecule has 2 aromatic rings. The van der Waals surface area contributed by atoms with E-state index in [1.165, 1.54) is 0 Å². The first-order valence-corrected chi connectivity index (χ1v) is 8.86. The number of hydrogen-bond donors (Lipinski definition) is 4. The van der Waals surface area contributed by atoms with Gasteiger partial charge in [-0.1, -0.05) is 32.0 Å². The van der Waals surface area contributed by atoms with Crippen molar-refractivity contribution >= 4 is 28.8 Å². The molecule has 2 rings (SSSR count). The van der Waals surface area contributed by atoms with Gasteiger partial charge in [0.1, 0.15) is 6.04 Å². The minimum Gasteiger partial charge on any atom is -0.450 e. The molecule has 0 aliphatic rings. The van der Waals surface area contributed by atoms with Gasteiger partial charge >= 0.3 is 6.09 Å². The maximum atomic E-state index is 12.3. The summed E-state index contributed by atoms with van der Waals surface area (Å²) in [6.45, 7) is 6.01. The van der Waals surface area contributed by atoms with E-state index in [1.807, 2.05) is 38.1 Å². The number of aromatic nitrogens is 2. The molecule has 1 unspecified atom stereocenters. The van der Waals surface area contributed by atoms with Gasteiger partial charge in [0.25, 0.3) is 5.91 Å². The number of nitrogens with one attached hydrogen (secondary N) is 4. The highest BCUT2D eigenvalue weighted by molar-refractivity contribution is 6.04. The lowest BCUT2D eigenvalue weighted by atomic mass is 10.0. The SMILES string of the molecule is CCOC(=O)NC(C(=O)NCCNC(=O)c1n[nH]c2ccccc12)C(C)C. The van der Waals surface area contributed by atoms with Gasteiger partial charge in [-0.15, -0.1) is 0 Å². The van der Waals surface area contributed by atoms with Crippen LogP contribution in [0.15, 0.2) is 24.3 Å². The molecule has 0 aliphatic carbocycles. The van der Waals surface area contributed by atoms with Crippen LogP contribution in [0.2, 0.25) is 0 Å². The van der Waals surface area contributed by atoms with Gasteiger partial charge in [0.05, 0.1) is 12.1 Å². The molecule has 1 aromatic heterocycles. The summed E-state index contributed by atoms with van der Waals surface area (Å²) in [5.41, 5.74) is 1.08. The van der Waals surface area contributed by atoms with Crippen LogP contribution in [0.1, 0.15) is 31.3 Å². The van der Waals surface area contributed by atoms with Crippen LogP contribution in [0.5, 0.6) is 0 Å². The number of aromatic amines is 1. The molecule has 0 aliphatic heterocycles. The van der Waals surface area contributed by atoms with E-state index in [4.69, 9.17) is 4.74 Å². The van der Waals surface area contributed by atoms with Crippen LogP contribution in [-0.2, 0) is 9.53 Å². The first-order valence-electron chi connectivity index (χ1n) is 8.86. The lowest BCUT2D eigenvalue weighted by Gasteiger charge is -2.21. The fourth-order valence-electron chi connectivity index (χ4n) is 2.53. The van der Waals surface area contributed by atoms with Crippen molar-refractivity contribution in [2.24, 2.45) is 5.92 Å². The van der Waals surface area contributed by atoms with E-state index in [0.29, 0.717) is 5.69 Å². The third-order valence-corrected chi connectivity index (χ3v) is 3.89. The Bertz CT molecular complexity index is 802. The first kappa shape index (κ1) is 20.2. The summed E-state index contributed by atoms with van der Waals surface area (Å²) in [5, 5.41) is 15.5. The molecular formula is C18H25N5O4. The van der Waals surface area contributed by atoms with Gasteiger partial charge in [0.2, 0.25) is 5.91 Å². The van der Waals surface area contributed by atoms with Crippen molar-refractivity contribution in [2.75, 3.05) is 19.7 Å².